The zero-order chi connectivity index (χ0) is 21.0. The first-order valence-corrected chi connectivity index (χ1v) is 11.7. The summed E-state index contributed by atoms with van der Waals surface area (Å²) in [6.07, 6.45) is 6.13. The Balaban J connectivity index is 1.59. The van der Waals surface area contributed by atoms with Crippen LogP contribution in [0, 0.1) is 39.4 Å². The van der Waals surface area contributed by atoms with Gasteiger partial charge in [0.05, 0.1) is 12.2 Å². The Hall–Kier alpha value is -0.870. The molecule has 1 heterocycles. The summed E-state index contributed by atoms with van der Waals surface area (Å²) in [4.78, 5) is 12.7. The fourth-order valence-corrected chi connectivity index (χ4v) is 9.45. The molecular weight excluding hydrogens is 364 g/mol. The standard InChI is InChI=1S/C25H38O4/c1-22(2)15-8-10-24(4)16-7-6-14-13-29-21(28)20(14)25(16,5)19(27)12-17(24)23(15,3)11-9-18(22)26/h15-19,26-27H,6-13H2,1-5H3. The van der Waals surface area contributed by atoms with E-state index < -0.39 is 11.5 Å². The Morgan fingerprint density at radius 1 is 0.862 bits per heavy atom. The summed E-state index contributed by atoms with van der Waals surface area (Å²) in [5, 5.41) is 22.3. The van der Waals surface area contributed by atoms with Crippen molar-refractivity contribution in [1.82, 2.24) is 0 Å². The van der Waals surface area contributed by atoms with Crippen molar-refractivity contribution in [2.24, 2.45) is 39.4 Å². The summed E-state index contributed by atoms with van der Waals surface area (Å²) in [6.45, 7) is 12.0. The number of aliphatic hydroxyl groups is 2. The first-order valence-electron chi connectivity index (χ1n) is 11.7. The molecule has 8 atom stereocenters. The van der Waals surface area contributed by atoms with Crippen molar-refractivity contribution >= 4 is 5.97 Å². The van der Waals surface area contributed by atoms with Crippen molar-refractivity contribution in [3.63, 3.8) is 0 Å². The van der Waals surface area contributed by atoms with Crippen LogP contribution in [0.4, 0.5) is 0 Å². The molecule has 29 heavy (non-hydrogen) atoms. The first kappa shape index (κ1) is 20.1. The van der Waals surface area contributed by atoms with Crippen LogP contribution in [0.3, 0.4) is 0 Å². The summed E-state index contributed by atoms with van der Waals surface area (Å²) in [5.74, 6) is 1.02. The molecule has 4 heteroatoms. The number of fused-ring (bicyclic) bond motifs is 6. The second-order valence-corrected chi connectivity index (χ2v) is 12.2. The quantitative estimate of drug-likeness (QED) is 0.595. The van der Waals surface area contributed by atoms with Gasteiger partial charge in [-0.05, 0) is 84.5 Å². The summed E-state index contributed by atoms with van der Waals surface area (Å²) in [7, 11) is 0. The third kappa shape index (κ3) is 2.26. The molecule has 0 radical (unpaired) electrons. The Kier molecular flexibility index (Phi) is 4.07. The third-order valence-corrected chi connectivity index (χ3v) is 11.0. The fourth-order valence-electron chi connectivity index (χ4n) is 9.45. The molecule has 0 aromatic heterocycles. The van der Waals surface area contributed by atoms with E-state index in [1.54, 1.807) is 0 Å². The second-order valence-electron chi connectivity index (χ2n) is 12.2. The number of carbonyl (C=O) groups is 1. The lowest BCUT2D eigenvalue weighted by Crippen LogP contribution is -2.66. The van der Waals surface area contributed by atoms with Gasteiger partial charge in [-0.15, -0.1) is 0 Å². The molecular formula is C25H38O4. The summed E-state index contributed by atoms with van der Waals surface area (Å²) < 4.78 is 5.42. The van der Waals surface area contributed by atoms with E-state index in [1.807, 2.05) is 0 Å². The Morgan fingerprint density at radius 2 is 1.52 bits per heavy atom. The highest BCUT2D eigenvalue weighted by Gasteiger charge is 2.69. The first-order chi connectivity index (χ1) is 13.5. The highest BCUT2D eigenvalue weighted by molar-refractivity contribution is 5.93. The Bertz CT molecular complexity index is 784. The number of carbonyl (C=O) groups excluding carboxylic acids is 1. The minimum Gasteiger partial charge on any atom is -0.458 e. The normalized spacial score (nSPS) is 53.5. The number of esters is 1. The van der Waals surface area contributed by atoms with Gasteiger partial charge in [0, 0.05) is 11.0 Å². The van der Waals surface area contributed by atoms with Crippen LogP contribution in [0.25, 0.3) is 0 Å². The van der Waals surface area contributed by atoms with E-state index in [9.17, 15) is 15.0 Å². The molecule has 3 saturated carbocycles. The van der Waals surface area contributed by atoms with Gasteiger partial charge < -0.3 is 14.9 Å². The molecule has 2 N–H and O–H groups in total. The predicted octanol–water partition coefficient (Wildman–Crippen LogP) is 4.24. The average molecular weight is 403 g/mol. The fraction of sp³-hybridized carbons (Fsp3) is 0.880. The molecule has 4 aliphatic carbocycles. The third-order valence-electron chi connectivity index (χ3n) is 11.0. The van der Waals surface area contributed by atoms with E-state index in [4.69, 9.17) is 4.74 Å². The number of hydrogen-bond donors (Lipinski definition) is 2. The van der Waals surface area contributed by atoms with Crippen LogP contribution >= 0.6 is 0 Å². The van der Waals surface area contributed by atoms with Crippen molar-refractivity contribution in [2.75, 3.05) is 6.61 Å². The average Bonchev–Trinajstić information content (AvgIpc) is 3.03. The van der Waals surface area contributed by atoms with Crippen molar-refractivity contribution in [1.29, 1.82) is 0 Å². The molecule has 0 saturated heterocycles. The van der Waals surface area contributed by atoms with Crippen molar-refractivity contribution in [3.05, 3.63) is 11.1 Å². The van der Waals surface area contributed by atoms with Gasteiger partial charge in [-0.1, -0.05) is 34.6 Å². The lowest BCUT2D eigenvalue weighted by atomic mass is 9.35. The smallest absolute Gasteiger partial charge is 0.335 e. The Morgan fingerprint density at radius 3 is 2.24 bits per heavy atom. The highest BCUT2D eigenvalue weighted by atomic mass is 16.5. The number of rotatable bonds is 0. The zero-order valence-corrected chi connectivity index (χ0v) is 18.8. The van der Waals surface area contributed by atoms with E-state index in [2.05, 4.69) is 34.6 Å². The monoisotopic (exact) mass is 402 g/mol. The molecule has 0 amide bonds. The molecule has 8 unspecified atom stereocenters. The van der Waals surface area contributed by atoms with E-state index in [-0.39, 0.29) is 28.3 Å². The minimum absolute atomic E-state index is 0.0858. The highest BCUT2D eigenvalue weighted by Crippen LogP contribution is 2.73. The molecule has 3 fully saturated rings. The van der Waals surface area contributed by atoms with Crippen molar-refractivity contribution in [2.45, 2.75) is 91.8 Å². The number of aliphatic hydroxyl groups excluding tert-OH is 2. The van der Waals surface area contributed by atoms with E-state index in [0.717, 1.165) is 56.1 Å². The van der Waals surface area contributed by atoms with Crippen LogP contribution < -0.4 is 0 Å². The van der Waals surface area contributed by atoms with Crippen LogP contribution in [-0.4, -0.2) is 35.0 Å². The van der Waals surface area contributed by atoms with E-state index in [0.29, 0.717) is 24.4 Å². The van der Waals surface area contributed by atoms with Gasteiger partial charge >= 0.3 is 5.97 Å². The SMILES string of the molecule is CC1(C)C(O)CCC2(C)C1CCC1(C)C2CC(O)C2(C)C3=C(CCC12)COC3=O. The van der Waals surface area contributed by atoms with Crippen LogP contribution in [-0.2, 0) is 9.53 Å². The Labute approximate surface area is 175 Å². The predicted molar refractivity (Wildman–Crippen MR) is 111 cm³/mol. The lowest BCUT2D eigenvalue weighted by Gasteiger charge is -2.70. The van der Waals surface area contributed by atoms with Gasteiger partial charge in [0.2, 0.25) is 0 Å². The van der Waals surface area contributed by atoms with Gasteiger partial charge in [-0.2, -0.15) is 0 Å². The van der Waals surface area contributed by atoms with Crippen LogP contribution in [0.2, 0.25) is 0 Å². The van der Waals surface area contributed by atoms with E-state index in [1.165, 1.54) is 0 Å². The van der Waals surface area contributed by atoms with Crippen LogP contribution in [0.1, 0.15) is 79.6 Å². The largest absolute Gasteiger partial charge is 0.458 e. The van der Waals surface area contributed by atoms with Gasteiger partial charge in [0.15, 0.2) is 0 Å². The maximum atomic E-state index is 12.7. The second kappa shape index (κ2) is 5.88. The molecule has 0 bridgehead atoms. The topological polar surface area (TPSA) is 66.8 Å². The number of hydrogen-bond acceptors (Lipinski definition) is 4. The molecule has 0 aromatic rings. The summed E-state index contributed by atoms with van der Waals surface area (Å²) in [6, 6.07) is 0. The van der Waals surface area contributed by atoms with Gasteiger partial charge in [-0.3, -0.25) is 0 Å². The number of ether oxygens (including phenoxy) is 1. The maximum absolute atomic E-state index is 12.7. The number of cyclic esters (lactones) is 1. The zero-order valence-electron chi connectivity index (χ0n) is 18.8. The molecule has 1 aliphatic heterocycles. The van der Waals surface area contributed by atoms with Crippen LogP contribution in [0.5, 0.6) is 0 Å². The van der Waals surface area contributed by atoms with E-state index >= 15 is 0 Å². The van der Waals surface area contributed by atoms with Crippen LogP contribution in [0.15, 0.2) is 11.1 Å². The molecule has 162 valence electrons. The molecule has 4 nitrogen and oxygen atoms in total. The summed E-state index contributed by atoms with van der Waals surface area (Å²) >= 11 is 0. The van der Waals surface area contributed by atoms with Gasteiger partial charge in [-0.25, -0.2) is 4.79 Å². The summed E-state index contributed by atoms with van der Waals surface area (Å²) in [5.41, 5.74) is 1.61. The van der Waals surface area contributed by atoms with Crippen molar-refractivity contribution < 1.29 is 19.7 Å². The minimum atomic E-state index is -0.507. The van der Waals surface area contributed by atoms with Crippen molar-refractivity contribution in [3.8, 4) is 0 Å². The molecule has 5 rings (SSSR count). The molecule has 0 aromatic carbocycles. The van der Waals surface area contributed by atoms with Gasteiger partial charge in [0.25, 0.3) is 0 Å². The molecule has 5 aliphatic rings. The molecule has 0 spiro atoms. The maximum Gasteiger partial charge on any atom is 0.335 e. The lowest BCUT2D eigenvalue weighted by molar-refractivity contribution is -0.232. The van der Waals surface area contributed by atoms with Gasteiger partial charge in [0.1, 0.15) is 6.61 Å².